The second-order valence-electron chi connectivity index (χ2n) is 9.64. The Hall–Kier alpha value is -2.98. The average molecular weight is 412 g/mol. The third-order valence-corrected chi connectivity index (χ3v) is 8.68. The first kappa shape index (κ1) is 17.8. The fourth-order valence-electron chi connectivity index (χ4n) is 5.12. The number of pyridine rings is 2. The van der Waals surface area contributed by atoms with Crippen molar-refractivity contribution in [2.75, 3.05) is 0 Å². The SMILES string of the molecule is Cc1ccc2c3ccc(F)cc3n3c4cc([Si](C)(C)C)cc5cc[n+](C)c(c1c23)c54. The van der Waals surface area contributed by atoms with Gasteiger partial charge in [0.25, 0.3) is 0 Å². The smallest absolute Gasteiger partial charge is 0.224 e. The predicted octanol–water partition coefficient (Wildman–Crippen LogP) is 5.81. The monoisotopic (exact) mass is 411 g/mol. The quantitative estimate of drug-likeness (QED) is 0.140. The molecule has 2 nitrogen and oxygen atoms in total. The molecule has 6 rings (SSSR count). The molecule has 0 atom stereocenters. The second kappa shape index (κ2) is 5.58. The Morgan fingerprint density at radius 2 is 1.63 bits per heavy atom. The van der Waals surface area contributed by atoms with Crippen molar-refractivity contribution in [1.29, 1.82) is 0 Å². The van der Waals surface area contributed by atoms with E-state index in [2.05, 4.69) is 79.1 Å². The first-order valence-electron chi connectivity index (χ1n) is 10.5. The maximum absolute atomic E-state index is 14.4. The number of fused-ring (bicyclic) bond motifs is 5. The van der Waals surface area contributed by atoms with E-state index in [9.17, 15) is 4.39 Å². The van der Waals surface area contributed by atoms with E-state index in [1.54, 1.807) is 12.1 Å². The standard InChI is InChI=1S/C26H24FN2Si/c1-15-6-8-20-19-9-7-17(27)13-21(19)29-22-14-18(30(3,4)5)12-16-10-11-28(2)26(24(16)22)23(15)25(20)29/h6-14H,1-5H3/q+1. The highest BCUT2D eigenvalue weighted by Crippen LogP contribution is 2.40. The largest absolute Gasteiger partial charge is 0.307 e. The van der Waals surface area contributed by atoms with Gasteiger partial charge in [0.2, 0.25) is 5.52 Å². The van der Waals surface area contributed by atoms with Crippen LogP contribution in [0.25, 0.3) is 49.0 Å². The van der Waals surface area contributed by atoms with Crippen LogP contribution in [0.5, 0.6) is 0 Å². The highest BCUT2D eigenvalue weighted by molar-refractivity contribution is 6.89. The van der Waals surface area contributed by atoms with Crippen LogP contribution in [0.2, 0.25) is 19.6 Å². The Kier molecular flexibility index (Phi) is 3.32. The molecule has 0 saturated heterocycles. The van der Waals surface area contributed by atoms with E-state index in [1.807, 2.05) is 6.07 Å². The summed E-state index contributed by atoms with van der Waals surface area (Å²) in [5.74, 6) is -0.193. The predicted molar refractivity (Wildman–Crippen MR) is 127 cm³/mol. The minimum atomic E-state index is -1.54. The number of aryl methyl sites for hydroxylation is 2. The van der Waals surface area contributed by atoms with Gasteiger partial charge in [0.1, 0.15) is 12.9 Å². The van der Waals surface area contributed by atoms with Gasteiger partial charge in [-0.3, -0.25) is 0 Å². The molecule has 0 radical (unpaired) electrons. The topological polar surface area (TPSA) is 8.29 Å². The molecule has 148 valence electrons. The zero-order chi connectivity index (χ0) is 20.9. The van der Waals surface area contributed by atoms with Gasteiger partial charge in [0.15, 0.2) is 6.20 Å². The Bertz CT molecular complexity index is 1650. The zero-order valence-corrected chi connectivity index (χ0v) is 19.0. The minimum Gasteiger partial charge on any atom is -0.307 e. The highest BCUT2D eigenvalue weighted by Gasteiger charge is 2.26. The summed E-state index contributed by atoms with van der Waals surface area (Å²) in [6.07, 6.45) is 2.17. The van der Waals surface area contributed by atoms with E-state index < -0.39 is 8.07 Å². The number of hydrogen-bond acceptors (Lipinski definition) is 0. The van der Waals surface area contributed by atoms with Crippen molar-refractivity contribution in [3.63, 3.8) is 0 Å². The lowest BCUT2D eigenvalue weighted by atomic mass is 10.00. The van der Waals surface area contributed by atoms with E-state index in [0.29, 0.717) is 0 Å². The molecule has 0 amide bonds. The van der Waals surface area contributed by atoms with Crippen LogP contribution in [0.15, 0.2) is 54.7 Å². The molecule has 3 aromatic carbocycles. The van der Waals surface area contributed by atoms with Crippen molar-refractivity contribution in [3.8, 4) is 0 Å². The summed E-state index contributed by atoms with van der Waals surface area (Å²) < 4.78 is 18.9. The normalized spacial score (nSPS) is 13.0. The molecule has 0 spiro atoms. The summed E-state index contributed by atoms with van der Waals surface area (Å²) in [4.78, 5) is 0. The van der Waals surface area contributed by atoms with Gasteiger partial charge in [-0.15, -0.1) is 0 Å². The summed E-state index contributed by atoms with van der Waals surface area (Å²) >= 11 is 0. The number of rotatable bonds is 1. The van der Waals surface area contributed by atoms with Crippen LogP contribution in [0.1, 0.15) is 5.56 Å². The zero-order valence-electron chi connectivity index (χ0n) is 18.0. The van der Waals surface area contributed by atoms with Gasteiger partial charge < -0.3 is 4.40 Å². The summed E-state index contributed by atoms with van der Waals surface area (Å²) in [7, 11) is 0.583. The maximum Gasteiger partial charge on any atom is 0.224 e. The van der Waals surface area contributed by atoms with Crippen molar-refractivity contribution in [1.82, 2.24) is 4.40 Å². The molecule has 0 N–H and O–H groups in total. The number of aromatic nitrogens is 2. The fourth-order valence-corrected chi connectivity index (χ4v) is 6.28. The lowest BCUT2D eigenvalue weighted by Gasteiger charge is -2.20. The molecule has 0 aliphatic heterocycles. The number of halogens is 1. The molecule has 3 aromatic heterocycles. The summed E-state index contributed by atoms with van der Waals surface area (Å²) in [6, 6.07) is 16.6. The molecule has 6 aromatic rings. The van der Waals surface area contributed by atoms with E-state index in [-0.39, 0.29) is 5.82 Å². The van der Waals surface area contributed by atoms with Crippen LogP contribution in [-0.2, 0) is 7.05 Å². The van der Waals surface area contributed by atoms with Crippen LogP contribution in [0.3, 0.4) is 0 Å². The molecule has 0 unspecified atom stereocenters. The molecule has 4 heteroatoms. The van der Waals surface area contributed by atoms with Crippen molar-refractivity contribution in [2.45, 2.75) is 26.6 Å². The van der Waals surface area contributed by atoms with Crippen molar-refractivity contribution < 1.29 is 8.96 Å². The van der Waals surface area contributed by atoms with Crippen molar-refractivity contribution >= 4 is 62.3 Å². The van der Waals surface area contributed by atoms with Gasteiger partial charge in [0, 0.05) is 16.8 Å². The highest BCUT2D eigenvalue weighted by atomic mass is 28.3. The summed E-state index contributed by atoms with van der Waals surface area (Å²) in [6.45, 7) is 9.33. The third kappa shape index (κ3) is 2.15. The van der Waals surface area contributed by atoms with Crippen LogP contribution in [0.4, 0.5) is 4.39 Å². The van der Waals surface area contributed by atoms with Gasteiger partial charge in [-0.1, -0.05) is 43.0 Å². The lowest BCUT2D eigenvalue weighted by molar-refractivity contribution is -0.643. The molecule has 0 aliphatic carbocycles. The van der Waals surface area contributed by atoms with E-state index in [1.165, 1.54) is 48.8 Å². The Balaban J connectivity index is 2.07. The van der Waals surface area contributed by atoms with Gasteiger partial charge >= 0.3 is 0 Å². The Morgan fingerprint density at radius 3 is 2.40 bits per heavy atom. The van der Waals surface area contributed by atoms with Crippen LogP contribution in [-0.4, -0.2) is 12.5 Å². The van der Waals surface area contributed by atoms with E-state index in [0.717, 1.165) is 10.9 Å². The van der Waals surface area contributed by atoms with Gasteiger partial charge in [-0.25, -0.2) is 8.96 Å². The van der Waals surface area contributed by atoms with Gasteiger partial charge in [-0.2, -0.15) is 0 Å². The van der Waals surface area contributed by atoms with Crippen molar-refractivity contribution in [2.24, 2.45) is 7.05 Å². The van der Waals surface area contributed by atoms with Crippen LogP contribution < -0.4 is 9.75 Å². The van der Waals surface area contributed by atoms with E-state index in [4.69, 9.17) is 0 Å². The second-order valence-corrected chi connectivity index (χ2v) is 14.7. The van der Waals surface area contributed by atoms with Crippen molar-refractivity contribution in [3.05, 3.63) is 66.1 Å². The first-order valence-corrected chi connectivity index (χ1v) is 14.0. The van der Waals surface area contributed by atoms with Gasteiger partial charge in [0.05, 0.1) is 35.4 Å². The van der Waals surface area contributed by atoms with E-state index >= 15 is 0 Å². The number of hydrogen-bond donors (Lipinski definition) is 0. The number of benzene rings is 3. The molecular weight excluding hydrogens is 387 g/mol. The molecule has 0 aliphatic rings. The summed E-state index contributed by atoms with van der Waals surface area (Å²) in [5.41, 5.74) is 5.82. The Labute approximate surface area is 175 Å². The first-order chi connectivity index (χ1) is 14.3. The summed E-state index contributed by atoms with van der Waals surface area (Å²) in [5, 5.41) is 7.49. The minimum absolute atomic E-state index is 0.193. The molecule has 0 fully saturated rings. The lowest BCUT2D eigenvalue weighted by Crippen LogP contribution is -2.38. The average Bonchev–Trinajstić information content (AvgIpc) is 3.01. The van der Waals surface area contributed by atoms with Crippen LogP contribution in [0, 0.1) is 12.7 Å². The molecule has 0 saturated carbocycles. The maximum atomic E-state index is 14.4. The third-order valence-electron chi connectivity index (χ3n) is 6.66. The van der Waals surface area contributed by atoms with Gasteiger partial charge in [-0.05, 0) is 42.1 Å². The molecular formula is C26H24FN2Si+. The Morgan fingerprint density at radius 1 is 0.867 bits per heavy atom. The van der Waals surface area contributed by atoms with Crippen LogP contribution >= 0.6 is 0 Å². The molecule has 3 heterocycles. The molecule has 30 heavy (non-hydrogen) atoms. The molecule has 0 bridgehead atoms. The number of nitrogens with zero attached hydrogens (tertiary/aromatic N) is 2. The fraction of sp³-hybridized carbons (Fsp3) is 0.192.